The average Bonchev–Trinajstić information content (AvgIpc) is 0.995. The molecule has 0 spiro atoms. The van der Waals surface area contributed by atoms with Crippen molar-refractivity contribution >= 4 is 92.0 Å². The largest absolute Gasteiger partial charge is 0.494 e. The maximum Gasteiger partial charge on any atom is 0.323 e. The highest BCUT2D eigenvalue weighted by molar-refractivity contribution is 7.89. The molecular weight excluding hydrogens is 1250 g/mol. The number of aliphatic carboxylic acids is 6. The zero-order chi connectivity index (χ0) is 68.9. The lowest BCUT2D eigenvalue weighted by atomic mass is 10.0. The first-order valence-corrected chi connectivity index (χ1v) is 31.9. The number of benzene rings is 2. The molecule has 1 unspecified atom stereocenters. The normalized spacial score (nSPS) is 14.8. The van der Waals surface area contributed by atoms with Gasteiger partial charge >= 0.3 is 35.8 Å². The molecule has 3 atom stereocenters. The maximum absolute atomic E-state index is 13.8. The van der Waals surface area contributed by atoms with Crippen molar-refractivity contribution in [1.82, 2.24) is 60.4 Å². The Kier molecular flexibility index (Phi) is 30.6. The summed E-state index contributed by atoms with van der Waals surface area (Å²) in [6.45, 7) is 2.70. The van der Waals surface area contributed by atoms with Crippen molar-refractivity contribution in [3.05, 3.63) is 77.6 Å². The second-order valence-electron chi connectivity index (χ2n) is 22.4. The van der Waals surface area contributed by atoms with Crippen LogP contribution in [0.15, 0.2) is 65.8 Å². The van der Waals surface area contributed by atoms with Crippen LogP contribution < -0.4 is 36.0 Å². The van der Waals surface area contributed by atoms with Gasteiger partial charge in [0.25, 0.3) is 5.91 Å². The predicted molar refractivity (Wildman–Crippen MR) is 335 cm³/mol. The number of nitrogens with one attached hydrogen (secondary N) is 6. The number of fused-ring (bicyclic) bond motifs is 1. The number of nitrogens with zero attached hydrogens (tertiary/aromatic N) is 7. The molecule has 1 aliphatic heterocycles. The number of amides is 4. The van der Waals surface area contributed by atoms with E-state index in [2.05, 4.69) is 41.4 Å². The topological polar surface area (TPSA) is 468 Å². The molecule has 1 saturated heterocycles. The van der Waals surface area contributed by atoms with E-state index in [4.69, 9.17) is 4.74 Å². The summed E-state index contributed by atoms with van der Waals surface area (Å²) in [7, 11) is -4.49. The minimum Gasteiger partial charge on any atom is -0.494 e. The SMILES string of the molecule is Cc1cc(OCCCC(=O)NCCCC(=O)C(CCC(=O)O)NC(=O)[C@H](CCC(=O)O)NC(=O)CN2CCN(CC(=O)O)CCN(CC(=O)O)CCN(CC(=O)O)CC2)cc(C)c1S(=O)(=O)N[C@@H](CNC(=O)c1ccc2c(cnn2CCCNc2ccccn2)c1)C(=O)O. The molecule has 94 heavy (non-hydrogen) atoms. The molecule has 5 rings (SSSR count). The smallest absolute Gasteiger partial charge is 0.323 e. The highest BCUT2D eigenvalue weighted by Crippen LogP contribution is 2.27. The third-order valence-corrected chi connectivity index (χ3v) is 16.7. The summed E-state index contributed by atoms with van der Waals surface area (Å²) in [6.07, 6.45) is 1.97. The number of carbonyl (C=O) groups is 11. The zero-order valence-corrected chi connectivity index (χ0v) is 53.1. The first-order chi connectivity index (χ1) is 44.6. The first kappa shape index (κ1) is 75.5. The Hall–Kier alpha value is -9.22. The number of carboxylic acids is 6. The van der Waals surface area contributed by atoms with Gasteiger partial charge in [0.1, 0.15) is 23.7 Å². The number of aromatic nitrogens is 3. The zero-order valence-electron chi connectivity index (χ0n) is 52.3. The maximum atomic E-state index is 13.8. The van der Waals surface area contributed by atoms with Crippen LogP contribution in [0.3, 0.4) is 0 Å². The summed E-state index contributed by atoms with van der Waals surface area (Å²) in [6, 6.07) is 8.60. The molecule has 0 saturated carbocycles. The Morgan fingerprint density at radius 1 is 0.596 bits per heavy atom. The fourth-order valence-electron chi connectivity index (χ4n) is 10.3. The number of pyridine rings is 1. The monoisotopic (exact) mass is 1340 g/mol. The second-order valence-corrected chi connectivity index (χ2v) is 24.1. The van der Waals surface area contributed by atoms with Gasteiger partial charge in [-0.25, -0.2) is 13.4 Å². The standard InChI is InChI=1S/C60H83N13O20S/c1-39-30-43(31-40(2)57(39)94(91,92)68-46(60(89)90)34-64-58(87)41-11-14-47-42(32-41)33-65-73(47)20-7-19-62-49-9-3-4-17-61-49)93-29-6-10-50(75)63-18-5-8-48(74)44(12-15-52(77)78)67-59(88)45(13-16-53(79)80)66-51(76)35-69-21-23-70(36-54(81)82)25-27-72(38-56(85)86)28-26-71(24-22-69)37-55(83)84/h3-4,9,11,14,17,30-33,44-46,68H,5-8,10,12-13,15-16,18-29,34-38H2,1-2H3,(H,61,62)(H,63,75)(H,64,87)(H,66,76)(H,67,88)(H,77,78)(H,79,80)(H,81,82)(H,83,84)(H,85,86)(H,89,90)/t44?,45-,46-/m0/s1. The molecule has 2 aromatic carbocycles. The van der Waals surface area contributed by atoms with Gasteiger partial charge in [-0.1, -0.05) is 6.07 Å². The highest BCUT2D eigenvalue weighted by atomic mass is 32.2. The van der Waals surface area contributed by atoms with E-state index < -0.39 is 139 Å². The van der Waals surface area contributed by atoms with Crippen molar-refractivity contribution in [2.75, 3.05) is 110 Å². The number of anilines is 1. The molecule has 1 fully saturated rings. The quantitative estimate of drug-likeness (QED) is 0.0251. The fraction of sp³-hybridized carbons (Fsp3) is 0.517. The molecule has 4 amide bonds. The van der Waals surface area contributed by atoms with E-state index in [0.29, 0.717) is 18.5 Å². The van der Waals surface area contributed by atoms with Crippen molar-refractivity contribution in [3.8, 4) is 5.75 Å². The molecule has 33 nitrogen and oxygen atoms in total. The number of ether oxygens (including phenoxy) is 1. The van der Waals surface area contributed by atoms with E-state index in [1.807, 2.05) is 18.2 Å². The van der Waals surface area contributed by atoms with Crippen molar-refractivity contribution in [3.63, 3.8) is 0 Å². The summed E-state index contributed by atoms with van der Waals surface area (Å²) < 4.78 is 37.2. The van der Waals surface area contributed by atoms with Crippen molar-refractivity contribution < 1.29 is 96.5 Å². The van der Waals surface area contributed by atoms with Gasteiger partial charge in [0.15, 0.2) is 5.78 Å². The number of sulfonamides is 1. The van der Waals surface area contributed by atoms with Crippen LogP contribution in [-0.2, 0) is 64.5 Å². The molecule has 0 bridgehead atoms. The lowest BCUT2D eigenvalue weighted by Crippen LogP contribution is -2.54. The van der Waals surface area contributed by atoms with E-state index in [9.17, 15) is 91.8 Å². The summed E-state index contributed by atoms with van der Waals surface area (Å²) in [4.78, 5) is 148. The summed E-state index contributed by atoms with van der Waals surface area (Å²) in [5.41, 5.74) is 1.40. The number of ketones is 1. The Labute approximate surface area is 541 Å². The molecule has 514 valence electrons. The number of hydrogen-bond donors (Lipinski definition) is 12. The molecule has 1 aliphatic rings. The van der Waals surface area contributed by atoms with Crippen LogP contribution in [0.4, 0.5) is 5.82 Å². The van der Waals surface area contributed by atoms with Crippen LogP contribution in [0, 0.1) is 13.8 Å². The lowest BCUT2D eigenvalue weighted by Gasteiger charge is -2.33. The molecule has 3 heterocycles. The minimum atomic E-state index is -4.49. The Balaban J connectivity index is 1.08. The van der Waals surface area contributed by atoms with Crippen LogP contribution in [0.1, 0.15) is 79.3 Å². The van der Waals surface area contributed by atoms with Gasteiger partial charge in [-0.3, -0.25) is 77.0 Å². The number of Topliss-reactive ketones (excluding diaryl/α,β-unsaturated/α-hetero) is 1. The van der Waals surface area contributed by atoms with Gasteiger partial charge in [-0.2, -0.15) is 9.82 Å². The summed E-state index contributed by atoms with van der Waals surface area (Å²) in [5, 5.41) is 76.0. The van der Waals surface area contributed by atoms with Gasteiger partial charge in [0.05, 0.1) is 55.4 Å². The molecular formula is C60H83N13O20S. The fourth-order valence-corrected chi connectivity index (χ4v) is 11.9. The van der Waals surface area contributed by atoms with Gasteiger partial charge in [0, 0.05) is 121 Å². The van der Waals surface area contributed by atoms with E-state index in [-0.39, 0.29) is 131 Å². The second kappa shape index (κ2) is 38.1. The van der Waals surface area contributed by atoms with Gasteiger partial charge in [0.2, 0.25) is 27.7 Å². The molecule has 12 N–H and O–H groups in total. The minimum absolute atomic E-state index is 0.00582. The first-order valence-electron chi connectivity index (χ1n) is 30.4. The predicted octanol–water partition coefficient (Wildman–Crippen LogP) is -0.489. The third-order valence-electron chi connectivity index (χ3n) is 14.9. The van der Waals surface area contributed by atoms with E-state index >= 15 is 0 Å². The molecule has 2 aromatic heterocycles. The summed E-state index contributed by atoms with van der Waals surface area (Å²) >= 11 is 0. The van der Waals surface area contributed by atoms with Crippen molar-refractivity contribution in [2.45, 2.75) is 101 Å². The van der Waals surface area contributed by atoms with Crippen LogP contribution in [0.2, 0.25) is 0 Å². The Morgan fingerprint density at radius 2 is 1.17 bits per heavy atom. The van der Waals surface area contributed by atoms with Gasteiger partial charge in [-0.05, 0) is 99.5 Å². The average molecular weight is 1340 g/mol. The molecule has 34 heteroatoms. The Bertz CT molecular complexity index is 3350. The summed E-state index contributed by atoms with van der Waals surface area (Å²) in [5.74, 6) is -10.1. The number of rotatable bonds is 39. The van der Waals surface area contributed by atoms with Crippen LogP contribution in [0.25, 0.3) is 10.9 Å². The number of carboxylic acid groups (broad SMARTS) is 6. The van der Waals surface area contributed by atoms with Crippen LogP contribution in [-0.4, -0.2) is 262 Å². The third kappa shape index (κ3) is 26.8. The molecule has 0 radical (unpaired) electrons. The number of aryl methyl sites for hydroxylation is 3. The van der Waals surface area contributed by atoms with Gasteiger partial charge in [-0.15, -0.1) is 0 Å². The van der Waals surface area contributed by atoms with Crippen LogP contribution >= 0.6 is 0 Å². The highest BCUT2D eigenvalue weighted by Gasteiger charge is 2.31. The van der Waals surface area contributed by atoms with Crippen molar-refractivity contribution in [2.24, 2.45) is 0 Å². The molecule has 0 aliphatic carbocycles. The van der Waals surface area contributed by atoms with Crippen LogP contribution in [0.5, 0.6) is 5.75 Å². The number of carbonyl (C=O) groups excluding carboxylic acids is 5. The van der Waals surface area contributed by atoms with E-state index in [1.165, 1.54) is 35.8 Å². The Morgan fingerprint density at radius 3 is 1.71 bits per heavy atom. The van der Waals surface area contributed by atoms with Crippen molar-refractivity contribution in [1.29, 1.82) is 0 Å². The number of hydrogen-bond acceptors (Lipinski definition) is 21. The molecule has 4 aromatic rings. The van der Waals surface area contributed by atoms with E-state index in [1.54, 1.807) is 45.1 Å². The van der Waals surface area contributed by atoms with E-state index in [0.717, 1.165) is 17.8 Å². The lowest BCUT2D eigenvalue weighted by molar-refractivity contribution is -0.140. The van der Waals surface area contributed by atoms with Gasteiger partial charge < -0.3 is 62.0 Å².